The molecule has 0 rings (SSSR count). The van der Waals surface area contributed by atoms with Gasteiger partial charge in [-0.1, -0.05) is 90.4 Å². The smallest absolute Gasteiger partial charge is 0.0985 e. The Kier molecular flexibility index (Phi) is 17.9. The van der Waals surface area contributed by atoms with Crippen molar-refractivity contribution in [2.45, 2.75) is 96.8 Å². The van der Waals surface area contributed by atoms with E-state index in [-0.39, 0.29) is 0 Å². The number of hydrogen-bond acceptors (Lipinski definition) is 2. The van der Waals surface area contributed by atoms with Crippen LogP contribution in [0.25, 0.3) is 0 Å². The topological polar surface area (TPSA) is 12.5 Å². The average Bonchev–Trinajstić information content (AvgIpc) is 2.46. The monoisotopic (exact) mass is 299 g/mol. The first-order valence-electron chi connectivity index (χ1n) is 9.50. The van der Waals surface area contributed by atoms with Gasteiger partial charge in [0, 0.05) is 6.61 Å². The number of ether oxygens (including phenoxy) is 1. The first-order chi connectivity index (χ1) is 10.3. The van der Waals surface area contributed by atoms with E-state index in [1.54, 1.807) is 0 Å². The van der Waals surface area contributed by atoms with Gasteiger partial charge in [0.15, 0.2) is 0 Å². The van der Waals surface area contributed by atoms with Crippen LogP contribution in [0.2, 0.25) is 0 Å². The molecule has 2 heteroatoms. The second-order valence-corrected chi connectivity index (χ2v) is 6.71. The Hall–Kier alpha value is -0.0800. The summed E-state index contributed by atoms with van der Waals surface area (Å²) < 4.78 is 5.53. The van der Waals surface area contributed by atoms with Crippen molar-refractivity contribution < 1.29 is 4.74 Å². The van der Waals surface area contributed by atoms with E-state index in [9.17, 15) is 0 Å². The maximum atomic E-state index is 5.53. The Morgan fingerprint density at radius 1 is 0.571 bits per heavy atom. The van der Waals surface area contributed by atoms with Crippen LogP contribution in [-0.2, 0) is 4.74 Å². The average molecular weight is 300 g/mol. The molecule has 0 bridgehead atoms. The van der Waals surface area contributed by atoms with Crippen LogP contribution in [0.3, 0.4) is 0 Å². The summed E-state index contributed by atoms with van der Waals surface area (Å²) in [5, 5.41) is 0. The van der Waals surface area contributed by atoms with Gasteiger partial charge in [-0.3, -0.25) is 4.90 Å². The molecule has 0 amide bonds. The van der Waals surface area contributed by atoms with E-state index in [0.29, 0.717) is 0 Å². The van der Waals surface area contributed by atoms with Crippen molar-refractivity contribution in [1.82, 2.24) is 4.90 Å². The van der Waals surface area contributed by atoms with Gasteiger partial charge < -0.3 is 4.74 Å². The molecule has 2 nitrogen and oxygen atoms in total. The predicted octanol–water partition coefficient (Wildman–Crippen LogP) is 6.00. The molecule has 0 spiro atoms. The lowest BCUT2D eigenvalue weighted by Gasteiger charge is -2.09. The third kappa shape index (κ3) is 19.9. The van der Waals surface area contributed by atoms with Crippen LogP contribution in [0, 0.1) is 0 Å². The second kappa shape index (κ2) is 18.0. The molecule has 0 unspecified atom stereocenters. The Bertz CT molecular complexity index is 182. The summed E-state index contributed by atoms with van der Waals surface area (Å²) in [6.45, 7) is 3.98. The molecule has 0 atom stereocenters. The highest BCUT2D eigenvalue weighted by molar-refractivity contribution is 4.49. The summed E-state index contributed by atoms with van der Waals surface area (Å²) in [7, 11) is 4.09. The number of nitrogens with zero attached hydrogens (tertiary/aromatic N) is 1. The molecule has 0 heterocycles. The van der Waals surface area contributed by atoms with Gasteiger partial charge in [-0.2, -0.15) is 0 Å². The first-order valence-corrected chi connectivity index (χ1v) is 9.50. The number of hydrogen-bond donors (Lipinski definition) is 0. The van der Waals surface area contributed by atoms with Crippen molar-refractivity contribution in [3.63, 3.8) is 0 Å². The minimum atomic E-state index is 0.762. The molecule has 128 valence electrons. The molecular formula is C19H41NO. The van der Waals surface area contributed by atoms with Crippen LogP contribution in [0.1, 0.15) is 96.8 Å². The lowest BCUT2D eigenvalue weighted by atomic mass is 10.0. The van der Waals surface area contributed by atoms with E-state index in [4.69, 9.17) is 4.74 Å². The SMILES string of the molecule is CCCCCCCCCCCCCCCCOCN(C)C. The fraction of sp³-hybridized carbons (Fsp3) is 1.00. The highest BCUT2D eigenvalue weighted by Crippen LogP contribution is 2.12. The van der Waals surface area contributed by atoms with Gasteiger partial charge in [0.2, 0.25) is 0 Å². The molecule has 0 aliphatic carbocycles. The molecule has 0 aliphatic rings. The van der Waals surface area contributed by atoms with Gasteiger partial charge in [0.05, 0.1) is 6.73 Å². The Labute approximate surface area is 134 Å². The van der Waals surface area contributed by atoms with Crippen molar-refractivity contribution in [2.24, 2.45) is 0 Å². The van der Waals surface area contributed by atoms with Gasteiger partial charge in [0.25, 0.3) is 0 Å². The van der Waals surface area contributed by atoms with Crippen molar-refractivity contribution in [3.05, 3.63) is 0 Å². The fourth-order valence-corrected chi connectivity index (χ4v) is 2.65. The van der Waals surface area contributed by atoms with Crippen LogP contribution in [0.15, 0.2) is 0 Å². The van der Waals surface area contributed by atoms with E-state index in [2.05, 4.69) is 11.8 Å². The molecule has 0 saturated heterocycles. The first kappa shape index (κ1) is 20.9. The second-order valence-electron chi connectivity index (χ2n) is 6.71. The van der Waals surface area contributed by atoms with Gasteiger partial charge in [0.1, 0.15) is 0 Å². The highest BCUT2D eigenvalue weighted by atomic mass is 16.5. The summed E-state index contributed by atoms with van der Waals surface area (Å²) in [6.07, 6.45) is 19.8. The van der Waals surface area contributed by atoms with Crippen LogP contribution in [-0.4, -0.2) is 32.3 Å². The maximum absolute atomic E-state index is 5.53. The van der Waals surface area contributed by atoms with Gasteiger partial charge in [-0.15, -0.1) is 0 Å². The minimum Gasteiger partial charge on any atom is -0.366 e. The summed E-state index contributed by atoms with van der Waals surface area (Å²) in [5.74, 6) is 0. The lowest BCUT2D eigenvalue weighted by molar-refractivity contribution is 0.0539. The van der Waals surface area contributed by atoms with Gasteiger partial charge in [-0.25, -0.2) is 0 Å². The van der Waals surface area contributed by atoms with Crippen molar-refractivity contribution in [2.75, 3.05) is 27.4 Å². The molecule has 0 fully saturated rings. The normalized spacial score (nSPS) is 11.4. The zero-order valence-electron chi connectivity index (χ0n) is 15.2. The van der Waals surface area contributed by atoms with Gasteiger partial charge in [-0.05, 0) is 20.5 Å². The molecule has 0 N–H and O–H groups in total. The zero-order valence-corrected chi connectivity index (χ0v) is 15.2. The molecule has 0 aromatic heterocycles. The third-order valence-corrected chi connectivity index (χ3v) is 3.99. The minimum absolute atomic E-state index is 0.762. The molecule has 0 radical (unpaired) electrons. The van der Waals surface area contributed by atoms with Crippen molar-refractivity contribution >= 4 is 0 Å². The standard InChI is InChI=1S/C19H41NO/c1-4-5-6-7-8-9-10-11-12-13-14-15-16-17-18-21-19-20(2)3/h4-19H2,1-3H3. The maximum Gasteiger partial charge on any atom is 0.0985 e. The Balaban J connectivity index is 2.93. The largest absolute Gasteiger partial charge is 0.366 e. The quantitative estimate of drug-likeness (QED) is 0.241. The van der Waals surface area contributed by atoms with E-state index in [1.165, 1.54) is 89.9 Å². The van der Waals surface area contributed by atoms with Crippen LogP contribution < -0.4 is 0 Å². The van der Waals surface area contributed by atoms with Crippen LogP contribution >= 0.6 is 0 Å². The zero-order chi connectivity index (χ0) is 15.6. The summed E-state index contributed by atoms with van der Waals surface area (Å²) in [4.78, 5) is 2.07. The molecule has 21 heavy (non-hydrogen) atoms. The van der Waals surface area contributed by atoms with Crippen LogP contribution in [0.5, 0.6) is 0 Å². The van der Waals surface area contributed by atoms with Crippen LogP contribution in [0.4, 0.5) is 0 Å². The highest BCUT2D eigenvalue weighted by Gasteiger charge is 1.94. The number of unbranched alkanes of at least 4 members (excludes halogenated alkanes) is 13. The van der Waals surface area contributed by atoms with E-state index in [1.807, 2.05) is 14.1 Å². The summed E-state index contributed by atoms with van der Waals surface area (Å²) in [6, 6.07) is 0. The predicted molar refractivity (Wildman–Crippen MR) is 94.8 cm³/mol. The van der Waals surface area contributed by atoms with E-state index in [0.717, 1.165) is 13.3 Å². The third-order valence-electron chi connectivity index (χ3n) is 3.99. The summed E-state index contributed by atoms with van der Waals surface area (Å²) in [5.41, 5.74) is 0. The summed E-state index contributed by atoms with van der Waals surface area (Å²) >= 11 is 0. The molecule has 0 aliphatic heterocycles. The molecule has 0 aromatic rings. The number of rotatable bonds is 17. The Morgan fingerprint density at radius 3 is 1.33 bits per heavy atom. The lowest BCUT2D eigenvalue weighted by Crippen LogP contribution is -2.16. The van der Waals surface area contributed by atoms with Gasteiger partial charge >= 0.3 is 0 Å². The van der Waals surface area contributed by atoms with Crippen molar-refractivity contribution in [3.8, 4) is 0 Å². The molecule has 0 aromatic carbocycles. The van der Waals surface area contributed by atoms with Crippen molar-refractivity contribution in [1.29, 1.82) is 0 Å². The fourth-order valence-electron chi connectivity index (χ4n) is 2.65. The Morgan fingerprint density at radius 2 is 0.952 bits per heavy atom. The van der Waals surface area contributed by atoms with E-state index >= 15 is 0 Å². The molecular weight excluding hydrogens is 258 g/mol. The molecule has 0 saturated carbocycles. The van der Waals surface area contributed by atoms with E-state index < -0.39 is 0 Å².